The van der Waals surface area contributed by atoms with E-state index in [4.69, 9.17) is 4.18 Å². The molecule has 2 saturated carbocycles. The van der Waals surface area contributed by atoms with E-state index in [0.29, 0.717) is 12.5 Å². The molecule has 3 aliphatic carbocycles. The zero-order valence-electron chi connectivity index (χ0n) is 11.2. The van der Waals surface area contributed by atoms with Crippen LogP contribution in [-0.2, 0) is 14.3 Å². The van der Waals surface area contributed by atoms with Crippen LogP contribution in [0.15, 0.2) is 11.6 Å². The van der Waals surface area contributed by atoms with Crippen molar-refractivity contribution in [3.8, 4) is 0 Å². The van der Waals surface area contributed by atoms with Gasteiger partial charge in [-0.2, -0.15) is 8.42 Å². The van der Waals surface area contributed by atoms with E-state index in [9.17, 15) is 8.42 Å². The van der Waals surface area contributed by atoms with Crippen molar-refractivity contribution in [3.63, 3.8) is 0 Å². The standard InChI is InChI=1S/C14H22O3S/c1-3-18(15,16)17-9-14-6-10(2)4-11-5-12(7-14)13(11)8-14/h4,10,12-13H,3,5-9H2,1-2H3. The molecule has 2 bridgehead atoms. The van der Waals surface area contributed by atoms with Gasteiger partial charge in [-0.3, -0.25) is 4.18 Å². The molecule has 102 valence electrons. The lowest BCUT2D eigenvalue weighted by Gasteiger charge is -2.36. The lowest BCUT2D eigenvalue weighted by molar-refractivity contribution is 0.128. The van der Waals surface area contributed by atoms with Gasteiger partial charge in [0.15, 0.2) is 0 Å². The second-order valence-corrected chi connectivity index (χ2v) is 8.44. The van der Waals surface area contributed by atoms with E-state index in [1.807, 2.05) is 0 Å². The maximum atomic E-state index is 11.5. The summed E-state index contributed by atoms with van der Waals surface area (Å²) in [6.45, 7) is 4.29. The van der Waals surface area contributed by atoms with Gasteiger partial charge in [0.2, 0.25) is 0 Å². The molecule has 0 amide bonds. The minimum atomic E-state index is -3.30. The maximum absolute atomic E-state index is 11.5. The van der Waals surface area contributed by atoms with Crippen LogP contribution >= 0.6 is 0 Å². The van der Waals surface area contributed by atoms with Crippen molar-refractivity contribution in [1.29, 1.82) is 0 Å². The van der Waals surface area contributed by atoms with Gasteiger partial charge in [0.25, 0.3) is 10.1 Å². The molecule has 4 unspecified atom stereocenters. The first-order valence-electron chi connectivity index (χ1n) is 7.01. The number of fused-ring (bicyclic) bond motifs is 1. The van der Waals surface area contributed by atoms with Crippen LogP contribution in [0.25, 0.3) is 0 Å². The van der Waals surface area contributed by atoms with Crippen molar-refractivity contribution < 1.29 is 12.6 Å². The van der Waals surface area contributed by atoms with Crippen molar-refractivity contribution in [3.05, 3.63) is 11.6 Å². The predicted octanol–water partition coefficient (Wildman–Crippen LogP) is 2.74. The highest BCUT2D eigenvalue weighted by molar-refractivity contribution is 7.86. The normalized spacial score (nSPS) is 42.1. The highest BCUT2D eigenvalue weighted by Crippen LogP contribution is 2.62. The SMILES string of the molecule is CCS(=O)(=O)OCC12CC(C)C=C3CC(C1)C3C2. The van der Waals surface area contributed by atoms with Gasteiger partial charge in [0, 0.05) is 0 Å². The summed E-state index contributed by atoms with van der Waals surface area (Å²) in [5.41, 5.74) is 1.75. The van der Waals surface area contributed by atoms with Crippen LogP contribution in [-0.4, -0.2) is 20.8 Å². The Morgan fingerprint density at radius 2 is 2.17 bits per heavy atom. The molecule has 0 aromatic rings. The summed E-state index contributed by atoms with van der Waals surface area (Å²) in [4.78, 5) is 0. The highest BCUT2D eigenvalue weighted by atomic mass is 32.2. The second-order valence-electron chi connectivity index (χ2n) is 6.51. The van der Waals surface area contributed by atoms with Crippen molar-refractivity contribution in [2.24, 2.45) is 23.2 Å². The minimum Gasteiger partial charge on any atom is -0.270 e. The lowest BCUT2D eigenvalue weighted by Crippen LogP contribution is -2.29. The van der Waals surface area contributed by atoms with Gasteiger partial charge in [0.1, 0.15) is 0 Å². The van der Waals surface area contributed by atoms with Gasteiger partial charge in [-0.15, -0.1) is 0 Å². The van der Waals surface area contributed by atoms with Crippen LogP contribution in [0.4, 0.5) is 0 Å². The molecule has 4 atom stereocenters. The maximum Gasteiger partial charge on any atom is 0.267 e. The fraction of sp³-hybridized carbons (Fsp3) is 0.857. The summed E-state index contributed by atoms with van der Waals surface area (Å²) < 4.78 is 28.3. The molecule has 0 radical (unpaired) electrons. The molecule has 0 saturated heterocycles. The van der Waals surface area contributed by atoms with E-state index < -0.39 is 10.1 Å². The van der Waals surface area contributed by atoms with Gasteiger partial charge in [-0.05, 0) is 55.8 Å². The molecule has 0 heterocycles. The van der Waals surface area contributed by atoms with E-state index >= 15 is 0 Å². The topological polar surface area (TPSA) is 43.4 Å². The first-order valence-corrected chi connectivity index (χ1v) is 8.58. The number of rotatable bonds is 4. The van der Waals surface area contributed by atoms with Crippen LogP contribution in [0.1, 0.15) is 39.5 Å². The van der Waals surface area contributed by atoms with Crippen molar-refractivity contribution in [1.82, 2.24) is 0 Å². The Bertz CT molecular complexity index is 479. The van der Waals surface area contributed by atoms with Gasteiger partial charge < -0.3 is 0 Å². The Morgan fingerprint density at radius 1 is 1.39 bits per heavy atom. The first kappa shape index (κ1) is 12.7. The van der Waals surface area contributed by atoms with E-state index in [0.717, 1.165) is 24.7 Å². The molecular formula is C14H22O3S. The van der Waals surface area contributed by atoms with Crippen molar-refractivity contribution in [2.75, 3.05) is 12.4 Å². The molecule has 2 fully saturated rings. The zero-order chi connectivity index (χ0) is 13.0. The number of hydrogen-bond acceptors (Lipinski definition) is 3. The lowest BCUT2D eigenvalue weighted by atomic mass is 9.69. The van der Waals surface area contributed by atoms with Crippen molar-refractivity contribution >= 4 is 10.1 Å². The van der Waals surface area contributed by atoms with E-state index in [2.05, 4.69) is 13.0 Å². The predicted molar refractivity (Wildman–Crippen MR) is 70.5 cm³/mol. The molecule has 4 heteroatoms. The molecule has 18 heavy (non-hydrogen) atoms. The fourth-order valence-electron chi connectivity index (χ4n) is 4.30. The molecule has 3 rings (SSSR count). The molecule has 0 aromatic carbocycles. The van der Waals surface area contributed by atoms with E-state index in [1.54, 1.807) is 12.5 Å². The van der Waals surface area contributed by atoms with E-state index in [1.165, 1.54) is 12.8 Å². The Hall–Kier alpha value is -0.350. The van der Waals surface area contributed by atoms with Crippen LogP contribution in [0.2, 0.25) is 0 Å². The number of allylic oxidation sites excluding steroid dienone is 2. The highest BCUT2D eigenvalue weighted by Gasteiger charge is 2.53. The van der Waals surface area contributed by atoms with Crippen molar-refractivity contribution in [2.45, 2.75) is 39.5 Å². The summed E-state index contributed by atoms with van der Waals surface area (Å²) in [5.74, 6) is 2.19. The molecule has 3 nitrogen and oxygen atoms in total. The Morgan fingerprint density at radius 3 is 2.89 bits per heavy atom. The van der Waals surface area contributed by atoms with E-state index in [-0.39, 0.29) is 11.2 Å². The Balaban J connectivity index is 1.76. The summed E-state index contributed by atoms with van der Waals surface area (Å²) in [6, 6.07) is 0. The minimum absolute atomic E-state index is 0.0784. The summed E-state index contributed by atoms with van der Waals surface area (Å²) in [7, 11) is -3.30. The molecule has 0 aromatic heterocycles. The summed E-state index contributed by atoms with van der Waals surface area (Å²) in [5, 5.41) is 0. The summed E-state index contributed by atoms with van der Waals surface area (Å²) in [6.07, 6.45) is 7.07. The first-order chi connectivity index (χ1) is 8.43. The van der Waals surface area contributed by atoms with Gasteiger partial charge >= 0.3 is 0 Å². The van der Waals surface area contributed by atoms with Crippen LogP contribution in [0.5, 0.6) is 0 Å². The zero-order valence-corrected chi connectivity index (χ0v) is 12.0. The molecule has 0 spiro atoms. The van der Waals surface area contributed by atoms with Crippen LogP contribution in [0.3, 0.4) is 0 Å². The fourth-order valence-corrected chi connectivity index (χ4v) is 4.89. The Labute approximate surface area is 110 Å². The molecular weight excluding hydrogens is 248 g/mol. The molecule has 0 aliphatic heterocycles. The molecule has 3 aliphatic rings. The average molecular weight is 270 g/mol. The summed E-state index contributed by atoms with van der Waals surface area (Å²) >= 11 is 0. The quantitative estimate of drug-likeness (QED) is 0.583. The second kappa shape index (κ2) is 4.07. The third kappa shape index (κ3) is 2.03. The third-order valence-corrected chi connectivity index (χ3v) is 6.23. The van der Waals surface area contributed by atoms with Crippen LogP contribution < -0.4 is 0 Å². The van der Waals surface area contributed by atoms with Gasteiger partial charge in [0.05, 0.1) is 12.4 Å². The van der Waals surface area contributed by atoms with Crippen LogP contribution in [0, 0.1) is 23.2 Å². The Kier molecular flexibility index (Phi) is 2.87. The van der Waals surface area contributed by atoms with Gasteiger partial charge in [-0.25, -0.2) is 0 Å². The third-order valence-electron chi connectivity index (χ3n) is 5.04. The van der Waals surface area contributed by atoms with Gasteiger partial charge in [-0.1, -0.05) is 18.6 Å². The number of hydrogen-bond donors (Lipinski definition) is 0. The largest absolute Gasteiger partial charge is 0.270 e. The monoisotopic (exact) mass is 270 g/mol. The smallest absolute Gasteiger partial charge is 0.267 e. The molecule has 0 N–H and O–H groups in total. The average Bonchev–Trinajstić information content (AvgIpc) is 2.51.